The Bertz CT molecular complexity index is 399. The molecule has 2 heterocycles. The number of thiazole rings is 1. The van der Waals surface area contributed by atoms with Gasteiger partial charge in [0.2, 0.25) is 5.91 Å². The summed E-state index contributed by atoms with van der Waals surface area (Å²) in [7, 11) is 1.63. The lowest BCUT2D eigenvalue weighted by Crippen LogP contribution is -2.41. The highest BCUT2D eigenvalue weighted by Gasteiger charge is 2.41. The molecule has 1 aliphatic rings. The second-order valence-electron chi connectivity index (χ2n) is 4.37. The van der Waals surface area contributed by atoms with Gasteiger partial charge in [0.05, 0.1) is 12.0 Å². The van der Waals surface area contributed by atoms with Crippen LogP contribution in [0.5, 0.6) is 0 Å². The van der Waals surface area contributed by atoms with Crippen LogP contribution in [0.1, 0.15) is 11.3 Å². The van der Waals surface area contributed by atoms with E-state index in [4.69, 9.17) is 4.74 Å². The van der Waals surface area contributed by atoms with Crippen LogP contribution >= 0.6 is 11.3 Å². The van der Waals surface area contributed by atoms with Gasteiger partial charge in [0, 0.05) is 24.7 Å². The van der Waals surface area contributed by atoms with Gasteiger partial charge in [-0.1, -0.05) is 0 Å². The van der Waals surface area contributed by atoms with E-state index < -0.39 is 5.41 Å². The topological polar surface area (TPSA) is 63.2 Å². The first kappa shape index (κ1) is 12.5. The minimum absolute atomic E-state index is 0.00120. The molecule has 1 aromatic rings. The molecule has 0 aliphatic carbocycles. The maximum atomic E-state index is 12.3. The zero-order chi connectivity index (χ0) is 12.3. The van der Waals surface area contributed by atoms with Gasteiger partial charge in [-0.3, -0.25) is 4.79 Å². The molecule has 0 spiro atoms. The van der Waals surface area contributed by atoms with Crippen molar-refractivity contribution >= 4 is 22.4 Å². The van der Waals surface area contributed by atoms with Crippen LogP contribution in [0.15, 0.2) is 6.20 Å². The summed E-state index contributed by atoms with van der Waals surface area (Å²) < 4.78 is 5.18. The molecule has 5 nitrogen and oxygen atoms in total. The zero-order valence-electron chi connectivity index (χ0n) is 10.1. The van der Waals surface area contributed by atoms with Crippen LogP contribution in [0.4, 0.5) is 5.13 Å². The summed E-state index contributed by atoms with van der Waals surface area (Å²) in [4.78, 5) is 17.5. The Morgan fingerprint density at radius 3 is 3.12 bits per heavy atom. The molecule has 1 saturated heterocycles. The Morgan fingerprint density at radius 2 is 2.59 bits per heavy atom. The van der Waals surface area contributed by atoms with Crippen molar-refractivity contribution in [3.05, 3.63) is 11.1 Å². The van der Waals surface area contributed by atoms with Crippen LogP contribution < -0.4 is 10.6 Å². The first-order valence-corrected chi connectivity index (χ1v) is 6.41. The van der Waals surface area contributed by atoms with E-state index in [1.807, 2.05) is 6.92 Å². The number of aryl methyl sites for hydroxylation is 1. The Kier molecular flexibility index (Phi) is 3.76. The van der Waals surface area contributed by atoms with Crippen LogP contribution in [0.25, 0.3) is 0 Å². The van der Waals surface area contributed by atoms with Crippen molar-refractivity contribution in [3.8, 4) is 0 Å². The number of methoxy groups -OCH3 is 1. The fourth-order valence-electron chi connectivity index (χ4n) is 2.04. The first-order valence-electron chi connectivity index (χ1n) is 5.60. The number of amides is 1. The van der Waals surface area contributed by atoms with Crippen LogP contribution in [-0.2, 0) is 9.53 Å². The number of carbonyl (C=O) groups excluding carboxylic acids is 1. The van der Waals surface area contributed by atoms with Crippen molar-refractivity contribution < 1.29 is 9.53 Å². The highest BCUT2D eigenvalue weighted by Crippen LogP contribution is 2.28. The molecular formula is C11H17N3O2S. The van der Waals surface area contributed by atoms with Crippen LogP contribution in [-0.4, -0.2) is 37.7 Å². The molecule has 6 heteroatoms. The number of carbonyl (C=O) groups is 1. The molecule has 0 radical (unpaired) electrons. The maximum Gasteiger partial charge on any atom is 0.236 e. The molecule has 1 aromatic heterocycles. The SMILES string of the molecule is COCC1(C(=O)Nc2ncc(C)s2)CCNC1. The molecule has 1 amide bonds. The molecule has 2 N–H and O–H groups in total. The van der Waals surface area contributed by atoms with Gasteiger partial charge >= 0.3 is 0 Å². The van der Waals surface area contributed by atoms with Crippen LogP contribution in [0.3, 0.4) is 0 Å². The van der Waals surface area contributed by atoms with E-state index in [9.17, 15) is 4.79 Å². The van der Waals surface area contributed by atoms with Gasteiger partial charge in [0.25, 0.3) is 0 Å². The number of hydrogen-bond donors (Lipinski definition) is 2. The molecule has 1 atom stereocenters. The summed E-state index contributed by atoms with van der Waals surface area (Å²) in [5.41, 5.74) is -0.450. The number of aromatic nitrogens is 1. The minimum atomic E-state index is -0.450. The number of hydrogen-bond acceptors (Lipinski definition) is 5. The van der Waals surface area contributed by atoms with Gasteiger partial charge in [0.15, 0.2) is 5.13 Å². The van der Waals surface area contributed by atoms with Gasteiger partial charge in [-0.05, 0) is 19.9 Å². The fraction of sp³-hybridized carbons (Fsp3) is 0.636. The van der Waals surface area contributed by atoms with E-state index in [0.717, 1.165) is 17.8 Å². The monoisotopic (exact) mass is 255 g/mol. The molecule has 1 unspecified atom stereocenters. The summed E-state index contributed by atoms with van der Waals surface area (Å²) in [6.45, 7) is 3.93. The normalized spacial score (nSPS) is 23.9. The zero-order valence-corrected chi connectivity index (χ0v) is 10.9. The molecule has 1 fully saturated rings. The van der Waals surface area contributed by atoms with Gasteiger partial charge in [0.1, 0.15) is 0 Å². The Hall–Kier alpha value is -0.980. The van der Waals surface area contributed by atoms with Gasteiger partial charge in [-0.2, -0.15) is 0 Å². The molecule has 17 heavy (non-hydrogen) atoms. The highest BCUT2D eigenvalue weighted by atomic mass is 32.1. The highest BCUT2D eigenvalue weighted by molar-refractivity contribution is 7.15. The number of nitrogens with one attached hydrogen (secondary N) is 2. The number of anilines is 1. The third-order valence-corrected chi connectivity index (χ3v) is 3.82. The fourth-order valence-corrected chi connectivity index (χ4v) is 2.70. The summed E-state index contributed by atoms with van der Waals surface area (Å²) in [6, 6.07) is 0. The number of rotatable bonds is 4. The van der Waals surface area contributed by atoms with E-state index in [0.29, 0.717) is 18.3 Å². The van der Waals surface area contributed by atoms with Gasteiger partial charge in [-0.25, -0.2) is 4.98 Å². The van der Waals surface area contributed by atoms with Crippen LogP contribution in [0.2, 0.25) is 0 Å². The van der Waals surface area contributed by atoms with Gasteiger partial charge in [-0.15, -0.1) is 11.3 Å². The summed E-state index contributed by atoms with van der Waals surface area (Å²) in [5.74, 6) is -0.00120. The second kappa shape index (κ2) is 5.12. The standard InChI is InChI=1S/C11H17N3O2S/c1-8-5-13-10(17-8)14-9(15)11(7-16-2)3-4-12-6-11/h5,12H,3-4,6-7H2,1-2H3,(H,13,14,15). The van der Waals surface area contributed by atoms with Crippen molar-refractivity contribution in [3.63, 3.8) is 0 Å². The molecule has 1 aliphatic heterocycles. The third-order valence-electron chi connectivity index (χ3n) is 2.99. The largest absolute Gasteiger partial charge is 0.384 e. The van der Waals surface area contributed by atoms with E-state index in [1.54, 1.807) is 13.3 Å². The van der Waals surface area contributed by atoms with Crippen molar-refractivity contribution in [1.29, 1.82) is 0 Å². The molecule has 94 valence electrons. The second-order valence-corrected chi connectivity index (χ2v) is 5.61. The average Bonchev–Trinajstić information content (AvgIpc) is 2.89. The Morgan fingerprint density at radius 1 is 1.76 bits per heavy atom. The summed E-state index contributed by atoms with van der Waals surface area (Å²) >= 11 is 1.49. The molecule has 0 aromatic carbocycles. The quantitative estimate of drug-likeness (QED) is 0.843. The van der Waals surface area contributed by atoms with Gasteiger partial charge < -0.3 is 15.4 Å². The Labute approximate surface area is 105 Å². The van der Waals surface area contributed by atoms with Crippen molar-refractivity contribution in [2.24, 2.45) is 5.41 Å². The lowest BCUT2D eigenvalue weighted by molar-refractivity contribution is -0.127. The maximum absolute atomic E-state index is 12.3. The lowest BCUT2D eigenvalue weighted by Gasteiger charge is -2.25. The predicted molar refractivity (Wildman–Crippen MR) is 67.3 cm³/mol. The Balaban J connectivity index is 2.06. The van der Waals surface area contributed by atoms with E-state index >= 15 is 0 Å². The van der Waals surface area contributed by atoms with E-state index in [1.165, 1.54) is 11.3 Å². The average molecular weight is 255 g/mol. The van der Waals surface area contributed by atoms with Crippen molar-refractivity contribution in [2.75, 3.05) is 32.1 Å². The first-order chi connectivity index (χ1) is 8.16. The van der Waals surface area contributed by atoms with Crippen LogP contribution in [0, 0.1) is 12.3 Å². The minimum Gasteiger partial charge on any atom is -0.384 e. The lowest BCUT2D eigenvalue weighted by atomic mass is 9.87. The smallest absolute Gasteiger partial charge is 0.236 e. The summed E-state index contributed by atoms with van der Waals surface area (Å²) in [6.07, 6.45) is 2.56. The molecular weight excluding hydrogens is 238 g/mol. The third kappa shape index (κ3) is 2.65. The molecule has 0 saturated carbocycles. The van der Waals surface area contributed by atoms with E-state index in [-0.39, 0.29) is 5.91 Å². The molecule has 2 rings (SSSR count). The summed E-state index contributed by atoms with van der Waals surface area (Å²) in [5, 5.41) is 6.75. The van der Waals surface area contributed by atoms with Crippen molar-refractivity contribution in [1.82, 2.24) is 10.3 Å². The number of nitrogens with zero attached hydrogens (tertiary/aromatic N) is 1. The predicted octanol–water partition coefficient (Wildman–Crippen LogP) is 1.02. The molecule has 0 bridgehead atoms. The van der Waals surface area contributed by atoms with E-state index in [2.05, 4.69) is 15.6 Å². The number of ether oxygens (including phenoxy) is 1. The van der Waals surface area contributed by atoms with Crippen molar-refractivity contribution in [2.45, 2.75) is 13.3 Å².